The van der Waals surface area contributed by atoms with Crippen molar-refractivity contribution in [1.29, 1.82) is 0 Å². The summed E-state index contributed by atoms with van der Waals surface area (Å²) < 4.78 is 33.2. The van der Waals surface area contributed by atoms with E-state index in [1.54, 1.807) is 10.5 Å². The lowest BCUT2D eigenvalue weighted by molar-refractivity contribution is 0.141. The highest BCUT2D eigenvalue weighted by Gasteiger charge is 2.30. The van der Waals surface area contributed by atoms with E-state index in [4.69, 9.17) is 9.40 Å². The Hall–Kier alpha value is -2.95. The zero-order valence-electron chi connectivity index (χ0n) is 25.0. The SMILES string of the molecule is CCCCS(=O)(=O)N1CCc2cc(-c3nc(Nc4ccc(N5CCC(N6CCCCC6)CC5)cc4)ncc3C)oc2C1. The van der Waals surface area contributed by atoms with Crippen LogP contribution >= 0.6 is 0 Å². The maximum absolute atomic E-state index is 12.7. The van der Waals surface area contributed by atoms with E-state index in [0.717, 1.165) is 48.1 Å². The fraction of sp³-hybridized carbons (Fsp3) is 0.562. The first-order valence-electron chi connectivity index (χ1n) is 15.7. The Morgan fingerprint density at radius 1 is 1.02 bits per heavy atom. The highest BCUT2D eigenvalue weighted by Crippen LogP contribution is 2.32. The zero-order chi connectivity index (χ0) is 29.1. The number of unbranched alkanes of at least 4 members (excludes halogenated alkanes) is 1. The van der Waals surface area contributed by atoms with Crippen LogP contribution in [0.2, 0.25) is 0 Å². The van der Waals surface area contributed by atoms with E-state index < -0.39 is 10.0 Å². The van der Waals surface area contributed by atoms with Crippen LogP contribution in [-0.4, -0.2) is 72.1 Å². The van der Waals surface area contributed by atoms with Crippen molar-refractivity contribution in [2.75, 3.05) is 48.7 Å². The van der Waals surface area contributed by atoms with Crippen LogP contribution < -0.4 is 10.2 Å². The van der Waals surface area contributed by atoms with E-state index in [1.807, 2.05) is 19.9 Å². The topological polar surface area (TPSA) is 94.8 Å². The Morgan fingerprint density at radius 3 is 2.52 bits per heavy atom. The third kappa shape index (κ3) is 6.50. The van der Waals surface area contributed by atoms with E-state index in [-0.39, 0.29) is 12.3 Å². The van der Waals surface area contributed by atoms with Crippen molar-refractivity contribution in [2.45, 2.75) is 77.8 Å². The molecule has 2 saturated heterocycles. The normalized spacial score (nSPS) is 19.1. The Labute approximate surface area is 250 Å². The number of fused-ring (bicyclic) bond motifs is 1. The minimum atomic E-state index is -3.28. The second-order valence-corrected chi connectivity index (χ2v) is 14.1. The Balaban J connectivity index is 1.09. The second-order valence-electron chi connectivity index (χ2n) is 12.0. The van der Waals surface area contributed by atoms with Crippen molar-refractivity contribution in [1.82, 2.24) is 19.2 Å². The molecular formula is C32H44N6O3S. The molecule has 5 heterocycles. The summed E-state index contributed by atoms with van der Waals surface area (Å²) in [5, 5.41) is 3.35. The van der Waals surface area contributed by atoms with Gasteiger partial charge in [-0.3, -0.25) is 0 Å². The van der Waals surface area contributed by atoms with Crippen LogP contribution in [0.3, 0.4) is 0 Å². The van der Waals surface area contributed by atoms with E-state index in [0.29, 0.717) is 36.9 Å². The number of hydrogen-bond acceptors (Lipinski definition) is 8. The van der Waals surface area contributed by atoms with E-state index in [9.17, 15) is 8.42 Å². The number of rotatable bonds is 9. The first-order valence-corrected chi connectivity index (χ1v) is 17.3. The molecule has 0 unspecified atom stereocenters. The van der Waals surface area contributed by atoms with Gasteiger partial charge in [-0.15, -0.1) is 0 Å². The minimum Gasteiger partial charge on any atom is -0.458 e. The number of likely N-dealkylation sites (tertiary alicyclic amines) is 1. The largest absolute Gasteiger partial charge is 0.458 e. The summed E-state index contributed by atoms with van der Waals surface area (Å²) in [6.45, 7) is 9.49. The summed E-state index contributed by atoms with van der Waals surface area (Å²) in [5.41, 5.74) is 4.87. The van der Waals surface area contributed by atoms with Crippen LogP contribution in [0.25, 0.3) is 11.5 Å². The predicted molar refractivity (Wildman–Crippen MR) is 168 cm³/mol. The molecular weight excluding hydrogens is 548 g/mol. The van der Waals surface area contributed by atoms with Crippen LogP contribution in [0.5, 0.6) is 0 Å². The maximum atomic E-state index is 12.7. The summed E-state index contributed by atoms with van der Waals surface area (Å²) in [6.07, 6.45) is 10.5. The van der Waals surface area contributed by atoms with Crippen molar-refractivity contribution < 1.29 is 12.8 Å². The Kier molecular flexibility index (Phi) is 8.83. The quantitative estimate of drug-likeness (QED) is 0.337. The molecule has 6 rings (SSSR count). The highest BCUT2D eigenvalue weighted by molar-refractivity contribution is 7.89. The number of aryl methyl sites for hydroxylation is 1. The number of piperidine rings is 2. The van der Waals surface area contributed by atoms with Crippen molar-refractivity contribution >= 4 is 27.3 Å². The molecule has 0 saturated carbocycles. The van der Waals surface area contributed by atoms with Crippen LogP contribution in [0.1, 0.15) is 68.8 Å². The predicted octanol–water partition coefficient (Wildman–Crippen LogP) is 5.73. The number of furan rings is 1. The van der Waals surface area contributed by atoms with Crippen molar-refractivity contribution in [3.05, 3.63) is 53.4 Å². The average molecular weight is 593 g/mol. The fourth-order valence-corrected chi connectivity index (χ4v) is 8.11. The number of aromatic nitrogens is 2. The number of nitrogens with one attached hydrogen (secondary N) is 1. The molecule has 0 aliphatic carbocycles. The number of nitrogens with zero attached hydrogens (tertiary/aromatic N) is 5. The molecule has 2 aromatic heterocycles. The average Bonchev–Trinajstić information content (AvgIpc) is 3.45. The van der Waals surface area contributed by atoms with Gasteiger partial charge in [0.25, 0.3) is 0 Å². The number of hydrogen-bond donors (Lipinski definition) is 1. The van der Waals surface area contributed by atoms with E-state index >= 15 is 0 Å². The molecule has 3 aliphatic rings. The van der Waals surface area contributed by atoms with E-state index in [1.165, 1.54) is 50.9 Å². The molecule has 1 N–H and O–H groups in total. The summed E-state index contributed by atoms with van der Waals surface area (Å²) in [4.78, 5) is 14.5. The summed E-state index contributed by atoms with van der Waals surface area (Å²) in [5.74, 6) is 2.05. The molecule has 2 fully saturated rings. The first kappa shape index (κ1) is 29.1. The van der Waals surface area contributed by atoms with Crippen molar-refractivity contribution in [2.24, 2.45) is 0 Å². The molecule has 10 heteroatoms. The standard InChI is InChI=1S/C32H44N6O3S/c1-3-4-20-42(39,40)38-19-12-25-21-29(41-30(25)23-38)31-24(2)22-33-32(35-31)34-26-8-10-27(11-9-26)37-17-13-28(14-18-37)36-15-6-5-7-16-36/h8-11,21-22,28H,3-7,12-20,23H2,1-2H3,(H,33,34,35). The number of benzene rings is 1. The smallest absolute Gasteiger partial charge is 0.227 e. The minimum absolute atomic E-state index is 0.185. The van der Waals surface area contributed by atoms with Gasteiger partial charge in [0, 0.05) is 43.2 Å². The second kappa shape index (κ2) is 12.7. The number of anilines is 3. The fourth-order valence-electron chi connectivity index (χ4n) is 6.52. The third-order valence-electron chi connectivity index (χ3n) is 9.06. The van der Waals surface area contributed by atoms with Gasteiger partial charge in [-0.1, -0.05) is 19.8 Å². The molecule has 0 atom stereocenters. The Morgan fingerprint density at radius 2 is 1.79 bits per heavy atom. The number of sulfonamides is 1. The van der Waals surface area contributed by atoms with Gasteiger partial charge in [-0.25, -0.2) is 18.4 Å². The maximum Gasteiger partial charge on any atom is 0.227 e. The Bertz CT molecular complexity index is 1460. The van der Waals surface area contributed by atoms with Gasteiger partial charge in [0.1, 0.15) is 11.5 Å². The van der Waals surface area contributed by atoms with Gasteiger partial charge < -0.3 is 19.5 Å². The zero-order valence-corrected chi connectivity index (χ0v) is 25.8. The van der Waals surface area contributed by atoms with Crippen LogP contribution in [-0.2, 0) is 23.0 Å². The van der Waals surface area contributed by atoms with Crippen LogP contribution in [0, 0.1) is 6.92 Å². The molecule has 42 heavy (non-hydrogen) atoms. The summed E-state index contributed by atoms with van der Waals surface area (Å²) in [6, 6.07) is 11.3. The monoisotopic (exact) mass is 592 g/mol. The highest BCUT2D eigenvalue weighted by atomic mass is 32.2. The third-order valence-corrected chi connectivity index (χ3v) is 11.0. The van der Waals surface area contributed by atoms with Gasteiger partial charge in [0.15, 0.2) is 5.76 Å². The van der Waals surface area contributed by atoms with Crippen molar-refractivity contribution in [3.63, 3.8) is 0 Å². The molecule has 9 nitrogen and oxygen atoms in total. The first-order chi connectivity index (χ1) is 20.4. The van der Waals surface area contributed by atoms with E-state index in [2.05, 4.69) is 44.4 Å². The van der Waals surface area contributed by atoms with Crippen molar-refractivity contribution in [3.8, 4) is 11.5 Å². The molecule has 0 bridgehead atoms. The van der Waals surface area contributed by atoms with Gasteiger partial charge >= 0.3 is 0 Å². The molecule has 226 valence electrons. The lowest BCUT2D eigenvalue weighted by Gasteiger charge is -2.41. The molecule has 3 aliphatic heterocycles. The summed E-state index contributed by atoms with van der Waals surface area (Å²) in [7, 11) is -3.28. The lowest BCUT2D eigenvalue weighted by atomic mass is 9.99. The van der Waals surface area contributed by atoms with Gasteiger partial charge in [0.2, 0.25) is 16.0 Å². The molecule has 3 aromatic rings. The lowest BCUT2D eigenvalue weighted by Crippen LogP contribution is -2.46. The van der Waals surface area contributed by atoms with Crippen LogP contribution in [0.4, 0.5) is 17.3 Å². The van der Waals surface area contributed by atoms with Crippen LogP contribution in [0.15, 0.2) is 40.9 Å². The molecule has 0 amide bonds. The molecule has 0 radical (unpaired) electrons. The van der Waals surface area contributed by atoms with Gasteiger partial charge in [0.05, 0.1) is 12.3 Å². The molecule has 0 spiro atoms. The van der Waals surface area contributed by atoms with Gasteiger partial charge in [-0.2, -0.15) is 4.31 Å². The van der Waals surface area contributed by atoms with Gasteiger partial charge in [-0.05, 0) is 100.0 Å². The molecule has 1 aromatic carbocycles. The summed E-state index contributed by atoms with van der Waals surface area (Å²) >= 11 is 0.